The normalized spacial score (nSPS) is 12.5. The number of aliphatic hydroxyl groups is 1. The Kier molecular flexibility index (Phi) is 4.84. The molecule has 1 N–H and O–H groups in total. The Morgan fingerprint density at radius 2 is 1.55 bits per heavy atom. The van der Waals surface area contributed by atoms with E-state index in [0.717, 1.165) is 21.5 Å². The molecule has 0 aliphatic rings. The van der Waals surface area contributed by atoms with Gasteiger partial charge < -0.3 is 9.84 Å². The minimum Gasteiger partial charge on any atom is -0.457 e. The van der Waals surface area contributed by atoms with Crippen LogP contribution in [0.3, 0.4) is 0 Å². The van der Waals surface area contributed by atoms with E-state index in [0.29, 0.717) is 5.92 Å². The fourth-order valence-corrected chi connectivity index (χ4v) is 2.66. The fraction of sp³-hybridized carbons (Fsp3) is 0.294. The first-order valence-electron chi connectivity index (χ1n) is 6.72. The lowest BCUT2D eigenvalue weighted by Crippen LogP contribution is -1.93. The molecular weight excluding hydrogens is 316 g/mol. The summed E-state index contributed by atoms with van der Waals surface area (Å²) in [6, 6.07) is 13.7. The molecule has 1 unspecified atom stereocenters. The molecule has 2 nitrogen and oxygen atoms in total. The van der Waals surface area contributed by atoms with Gasteiger partial charge in [0.15, 0.2) is 0 Å². The molecule has 3 heteroatoms. The van der Waals surface area contributed by atoms with Crippen LogP contribution in [0.1, 0.15) is 43.9 Å². The second kappa shape index (κ2) is 6.42. The van der Waals surface area contributed by atoms with Gasteiger partial charge in [-0.25, -0.2) is 0 Å². The number of halogens is 1. The average molecular weight is 335 g/mol. The summed E-state index contributed by atoms with van der Waals surface area (Å²) in [6.07, 6.45) is -0.497. The zero-order valence-corrected chi connectivity index (χ0v) is 13.5. The number of hydrogen-bond donors (Lipinski definition) is 1. The number of hydrogen-bond acceptors (Lipinski definition) is 2. The van der Waals surface area contributed by atoms with Crippen molar-refractivity contribution >= 4 is 15.9 Å². The lowest BCUT2D eigenvalue weighted by Gasteiger charge is -2.11. The van der Waals surface area contributed by atoms with Crippen molar-refractivity contribution in [2.45, 2.75) is 32.8 Å². The monoisotopic (exact) mass is 334 g/mol. The summed E-state index contributed by atoms with van der Waals surface area (Å²) in [5.41, 5.74) is 2.15. The van der Waals surface area contributed by atoms with E-state index in [1.165, 1.54) is 5.56 Å². The molecule has 0 heterocycles. The quantitative estimate of drug-likeness (QED) is 0.809. The number of aliphatic hydroxyl groups excluding tert-OH is 1. The van der Waals surface area contributed by atoms with Crippen molar-refractivity contribution in [3.05, 3.63) is 58.1 Å². The zero-order valence-electron chi connectivity index (χ0n) is 11.9. The summed E-state index contributed by atoms with van der Waals surface area (Å²) in [6.45, 7) is 6.08. The average Bonchev–Trinajstić information content (AvgIpc) is 2.39. The van der Waals surface area contributed by atoms with Gasteiger partial charge in [0.25, 0.3) is 0 Å². The summed E-state index contributed by atoms with van der Waals surface area (Å²) in [4.78, 5) is 0. The van der Waals surface area contributed by atoms with Crippen LogP contribution >= 0.6 is 15.9 Å². The van der Waals surface area contributed by atoms with Crippen LogP contribution in [-0.4, -0.2) is 5.11 Å². The SMILES string of the molecule is CC(C)c1ccc(Oc2ccc(C(C)O)c(Br)c2)cc1. The second-order valence-electron chi connectivity index (χ2n) is 5.19. The Bertz CT molecular complexity index is 574. The topological polar surface area (TPSA) is 29.5 Å². The van der Waals surface area contributed by atoms with Gasteiger partial charge in [0.1, 0.15) is 11.5 Å². The Balaban J connectivity index is 2.15. The molecule has 0 aromatic heterocycles. The molecule has 1 atom stereocenters. The van der Waals surface area contributed by atoms with Crippen molar-refractivity contribution in [3.63, 3.8) is 0 Å². The van der Waals surface area contributed by atoms with E-state index in [9.17, 15) is 5.11 Å². The van der Waals surface area contributed by atoms with Crippen molar-refractivity contribution < 1.29 is 9.84 Å². The van der Waals surface area contributed by atoms with Crippen molar-refractivity contribution in [3.8, 4) is 11.5 Å². The predicted octanol–water partition coefficient (Wildman–Crippen LogP) is 5.42. The number of rotatable bonds is 4. The molecule has 106 valence electrons. The van der Waals surface area contributed by atoms with Gasteiger partial charge >= 0.3 is 0 Å². The minimum atomic E-state index is -0.497. The highest BCUT2D eigenvalue weighted by atomic mass is 79.9. The van der Waals surface area contributed by atoms with Gasteiger partial charge in [-0.3, -0.25) is 0 Å². The van der Waals surface area contributed by atoms with Crippen molar-refractivity contribution in [2.75, 3.05) is 0 Å². The van der Waals surface area contributed by atoms with Gasteiger partial charge in [-0.1, -0.05) is 48.0 Å². The van der Waals surface area contributed by atoms with Crippen molar-refractivity contribution in [1.82, 2.24) is 0 Å². The number of ether oxygens (including phenoxy) is 1. The summed E-state index contributed by atoms with van der Waals surface area (Å²) >= 11 is 3.45. The summed E-state index contributed by atoms with van der Waals surface area (Å²) in [5.74, 6) is 2.08. The Labute approximate surface area is 128 Å². The van der Waals surface area contributed by atoms with Crippen LogP contribution in [0.4, 0.5) is 0 Å². The van der Waals surface area contributed by atoms with Crippen molar-refractivity contribution in [1.29, 1.82) is 0 Å². The first-order valence-corrected chi connectivity index (χ1v) is 7.52. The Morgan fingerprint density at radius 1 is 0.950 bits per heavy atom. The molecule has 0 aliphatic heterocycles. The molecular formula is C17H19BrO2. The Hall–Kier alpha value is -1.32. The molecule has 0 aliphatic carbocycles. The molecule has 2 aromatic rings. The van der Waals surface area contributed by atoms with E-state index in [1.54, 1.807) is 6.92 Å². The molecule has 0 spiro atoms. The maximum absolute atomic E-state index is 9.60. The molecule has 2 aromatic carbocycles. The molecule has 0 amide bonds. The number of benzene rings is 2. The standard InChI is InChI=1S/C17H19BrO2/c1-11(2)13-4-6-14(7-5-13)20-15-8-9-16(12(3)19)17(18)10-15/h4-12,19H,1-3H3. The van der Waals surface area contributed by atoms with Gasteiger partial charge in [-0.2, -0.15) is 0 Å². The molecule has 0 bridgehead atoms. The first kappa shape index (κ1) is 15.1. The highest BCUT2D eigenvalue weighted by Gasteiger charge is 2.08. The van der Waals surface area contributed by atoms with E-state index in [2.05, 4.69) is 41.9 Å². The highest BCUT2D eigenvalue weighted by molar-refractivity contribution is 9.10. The smallest absolute Gasteiger partial charge is 0.128 e. The van der Waals surface area contributed by atoms with E-state index in [4.69, 9.17) is 4.74 Å². The third-order valence-electron chi connectivity index (χ3n) is 3.20. The van der Waals surface area contributed by atoms with Crippen LogP contribution in [0.2, 0.25) is 0 Å². The fourth-order valence-electron chi connectivity index (χ4n) is 1.97. The highest BCUT2D eigenvalue weighted by Crippen LogP contribution is 2.30. The summed E-state index contributed by atoms with van der Waals surface area (Å²) in [5, 5.41) is 9.60. The van der Waals surface area contributed by atoms with E-state index in [1.807, 2.05) is 30.3 Å². The summed E-state index contributed by atoms with van der Waals surface area (Å²) < 4.78 is 6.67. The molecule has 0 fully saturated rings. The van der Waals surface area contributed by atoms with Gasteiger partial charge in [0.05, 0.1) is 6.10 Å². The largest absolute Gasteiger partial charge is 0.457 e. The van der Waals surface area contributed by atoms with E-state index < -0.39 is 6.10 Å². The zero-order chi connectivity index (χ0) is 14.7. The Morgan fingerprint density at radius 3 is 2.05 bits per heavy atom. The van der Waals surface area contributed by atoms with Gasteiger partial charge in [0.2, 0.25) is 0 Å². The van der Waals surface area contributed by atoms with Crippen LogP contribution in [0, 0.1) is 0 Å². The second-order valence-corrected chi connectivity index (χ2v) is 6.04. The van der Waals surface area contributed by atoms with Crippen LogP contribution in [-0.2, 0) is 0 Å². The van der Waals surface area contributed by atoms with Crippen LogP contribution in [0.5, 0.6) is 11.5 Å². The molecule has 0 saturated heterocycles. The third kappa shape index (κ3) is 3.62. The van der Waals surface area contributed by atoms with Gasteiger partial charge in [-0.05, 0) is 48.2 Å². The van der Waals surface area contributed by atoms with E-state index >= 15 is 0 Å². The lowest BCUT2D eigenvalue weighted by atomic mass is 10.0. The molecule has 20 heavy (non-hydrogen) atoms. The maximum atomic E-state index is 9.60. The van der Waals surface area contributed by atoms with Crippen LogP contribution < -0.4 is 4.74 Å². The third-order valence-corrected chi connectivity index (χ3v) is 3.89. The molecule has 0 radical (unpaired) electrons. The lowest BCUT2D eigenvalue weighted by molar-refractivity contribution is 0.198. The van der Waals surface area contributed by atoms with Crippen LogP contribution in [0.15, 0.2) is 46.9 Å². The molecule has 2 rings (SSSR count). The maximum Gasteiger partial charge on any atom is 0.128 e. The van der Waals surface area contributed by atoms with Gasteiger partial charge in [-0.15, -0.1) is 0 Å². The predicted molar refractivity (Wildman–Crippen MR) is 85.4 cm³/mol. The van der Waals surface area contributed by atoms with Crippen molar-refractivity contribution in [2.24, 2.45) is 0 Å². The first-order chi connectivity index (χ1) is 9.47. The summed E-state index contributed by atoms with van der Waals surface area (Å²) in [7, 11) is 0. The van der Waals surface area contributed by atoms with Gasteiger partial charge in [0, 0.05) is 4.47 Å². The molecule has 0 saturated carbocycles. The van der Waals surface area contributed by atoms with Crippen LogP contribution in [0.25, 0.3) is 0 Å². The minimum absolute atomic E-state index is 0.497. The van der Waals surface area contributed by atoms with E-state index in [-0.39, 0.29) is 0 Å².